The molecule has 0 radical (unpaired) electrons. The summed E-state index contributed by atoms with van der Waals surface area (Å²) in [5.74, 6) is 0.549. The Bertz CT molecular complexity index is 942. The number of hydrogen-bond acceptors (Lipinski definition) is 5. The third-order valence-electron chi connectivity index (χ3n) is 5.90. The molecule has 0 aliphatic carbocycles. The van der Waals surface area contributed by atoms with E-state index in [-0.39, 0.29) is 29.0 Å². The van der Waals surface area contributed by atoms with E-state index in [0.717, 1.165) is 63.5 Å². The van der Waals surface area contributed by atoms with Crippen LogP contribution in [0.5, 0.6) is 5.75 Å². The van der Waals surface area contributed by atoms with Gasteiger partial charge in [-0.2, -0.15) is 11.8 Å². The van der Waals surface area contributed by atoms with E-state index in [1.165, 1.54) is 12.1 Å². The van der Waals surface area contributed by atoms with Gasteiger partial charge in [0.2, 0.25) is 0 Å². The summed E-state index contributed by atoms with van der Waals surface area (Å²) in [4.78, 5) is 24.6. The summed E-state index contributed by atoms with van der Waals surface area (Å²) in [6.45, 7) is 4.37. The predicted octanol–water partition coefficient (Wildman–Crippen LogP) is 9.33. The number of rotatable bonds is 22. The van der Waals surface area contributed by atoms with Gasteiger partial charge in [0, 0.05) is 6.42 Å². The highest BCUT2D eigenvalue weighted by molar-refractivity contribution is 8.00. The average molecular weight is 553 g/mol. The summed E-state index contributed by atoms with van der Waals surface area (Å²) in [6, 6.07) is 6.30. The van der Waals surface area contributed by atoms with Crippen LogP contribution in [0.3, 0.4) is 0 Å². The van der Waals surface area contributed by atoms with Gasteiger partial charge in [0.15, 0.2) is 0 Å². The molecule has 0 aromatic heterocycles. The third kappa shape index (κ3) is 18.2. The first-order valence-electron chi connectivity index (χ1n) is 14.4. The summed E-state index contributed by atoms with van der Waals surface area (Å²) in [6.07, 6.45) is 32.3. The van der Waals surface area contributed by atoms with Gasteiger partial charge in [-0.25, -0.2) is 4.79 Å². The second-order valence-electron chi connectivity index (χ2n) is 9.19. The summed E-state index contributed by atoms with van der Waals surface area (Å²) in [5, 5.41) is 9.72. The molecule has 0 spiro atoms. The molecule has 1 atom stereocenters. The molecule has 0 bridgehead atoms. The number of esters is 1. The molecule has 0 fully saturated rings. The quantitative estimate of drug-likeness (QED) is 0.0882. The maximum atomic E-state index is 12.5. The Hall–Kier alpha value is -2.79. The van der Waals surface area contributed by atoms with Crippen molar-refractivity contribution in [1.82, 2.24) is 0 Å². The van der Waals surface area contributed by atoms with E-state index in [0.29, 0.717) is 12.8 Å². The molecule has 0 heterocycles. The molecule has 0 saturated carbocycles. The normalized spacial score (nSPS) is 13.0. The number of Topliss-reactive ketones (excluding diaryl/α,β-unsaturated/α-hetero) is 1. The highest BCUT2D eigenvalue weighted by Gasteiger charge is 2.17. The Kier molecular flexibility index (Phi) is 21.3. The van der Waals surface area contributed by atoms with Gasteiger partial charge in [-0.05, 0) is 82.1 Å². The Balaban J connectivity index is 2.05. The number of thioether (sulfide) groups is 1. The van der Waals surface area contributed by atoms with Crippen molar-refractivity contribution in [3.05, 3.63) is 90.6 Å². The van der Waals surface area contributed by atoms with Gasteiger partial charge in [-0.3, -0.25) is 4.79 Å². The second-order valence-corrected chi connectivity index (χ2v) is 10.5. The largest absolute Gasteiger partial charge is 0.507 e. The molecule has 0 unspecified atom stereocenters. The first-order valence-corrected chi connectivity index (χ1v) is 15.5. The number of unbranched alkanes of at least 4 members (excludes halogenated alkanes) is 2. The lowest BCUT2D eigenvalue weighted by Crippen LogP contribution is -2.18. The smallest absolute Gasteiger partial charge is 0.341 e. The molecule has 39 heavy (non-hydrogen) atoms. The maximum Gasteiger partial charge on any atom is 0.341 e. The zero-order valence-corrected chi connectivity index (χ0v) is 24.7. The summed E-state index contributed by atoms with van der Waals surface area (Å²) in [5.41, 5.74) is 0.149. The van der Waals surface area contributed by atoms with Gasteiger partial charge in [0.1, 0.15) is 17.1 Å². The molecule has 0 aliphatic heterocycles. The Morgan fingerprint density at radius 3 is 2.00 bits per heavy atom. The van der Waals surface area contributed by atoms with Crippen LogP contribution in [0.25, 0.3) is 0 Å². The molecule has 1 rings (SSSR count). The number of hydrogen-bond donors (Lipinski definition) is 1. The fourth-order valence-electron chi connectivity index (χ4n) is 3.69. The Labute approximate surface area is 241 Å². The number of para-hydroxylation sites is 1. The number of aromatic hydroxyl groups is 1. The molecule has 214 valence electrons. The van der Waals surface area contributed by atoms with Crippen LogP contribution in [0, 0.1) is 0 Å². The Morgan fingerprint density at radius 1 is 0.821 bits per heavy atom. The van der Waals surface area contributed by atoms with E-state index < -0.39 is 5.97 Å². The van der Waals surface area contributed by atoms with Crippen molar-refractivity contribution in [1.29, 1.82) is 0 Å². The summed E-state index contributed by atoms with van der Waals surface area (Å²) < 4.78 is 5.20. The van der Waals surface area contributed by atoms with Crippen molar-refractivity contribution in [2.45, 2.75) is 89.7 Å². The van der Waals surface area contributed by atoms with E-state index in [1.54, 1.807) is 23.9 Å². The Morgan fingerprint density at radius 2 is 1.41 bits per heavy atom. The van der Waals surface area contributed by atoms with E-state index >= 15 is 0 Å². The minimum Gasteiger partial charge on any atom is -0.507 e. The van der Waals surface area contributed by atoms with Gasteiger partial charge in [-0.15, -0.1) is 0 Å². The van der Waals surface area contributed by atoms with Gasteiger partial charge in [-0.1, -0.05) is 86.7 Å². The molecule has 1 aromatic rings. The molecular weight excluding hydrogens is 504 g/mol. The van der Waals surface area contributed by atoms with Crippen molar-refractivity contribution in [3.8, 4) is 5.75 Å². The first kappa shape index (κ1) is 34.2. The molecule has 5 heteroatoms. The molecular formula is C34H48O4S. The second kappa shape index (κ2) is 24.3. The lowest BCUT2D eigenvalue weighted by molar-refractivity contribution is -0.118. The van der Waals surface area contributed by atoms with Crippen LogP contribution in [-0.4, -0.2) is 34.5 Å². The fraction of sp³-hybridized carbons (Fsp3) is 0.471. The first-order chi connectivity index (χ1) is 19.1. The van der Waals surface area contributed by atoms with E-state index in [2.05, 4.69) is 67.7 Å². The van der Waals surface area contributed by atoms with Gasteiger partial charge in [0.25, 0.3) is 0 Å². The number of ether oxygens (including phenoxy) is 1. The third-order valence-corrected chi connectivity index (χ3v) is 7.42. The number of ketones is 1. The summed E-state index contributed by atoms with van der Waals surface area (Å²) in [7, 11) is 0. The number of carbonyl (C=O) groups is 2. The molecule has 0 aliphatic rings. The van der Waals surface area contributed by atoms with Crippen molar-refractivity contribution in [3.63, 3.8) is 0 Å². The van der Waals surface area contributed by atoms with Gasteiger partial charge in [0.05, 0.1) is 11.9 Å². The van der Waals surface area contributed by atoms with Crippen molar-refractivity contribution in [2.24, 2.45) is 0 Å². The van der Waals surface area contributed by atoms with Gasteiger partial charge >= 0.3 is 5.97 Å². The zero-order valence-electron chi connectivity index (χ0n) is 23.9. The number of phenols is 1. The van der Waals surface area contributed by atoms with Crippen LogP contribution in [0.15, 0.2) is 85.0 Å². The van der Waals surface area contributed by atoms with Crippen molar-refractivity contribution < 1.29 is 19.4 Å². The SMILES string of the molecule is CC/C=C\C/C=C\C/C=C\C/C=C\C/C=C\CCCCS[C@@H](CC)C(=O)CCCOC(=O)c1ccccc1O. The monoisotopic (exact) mass is 552 g/mol. The fourth-order valence-corrected chi connectivity index (χ4v) is 4.89. The van der Waals surface area contributed by atoms with Crippen LogP contribution in [0.2, 0.25) is 0 Å². The molecule has 1 N–H and O–H groups in total. The molecule has 1 aromatic carbocycles. The summed E-state index contributed by atoms with van der Waals surface area (Å²) >= 11 is 1.74. The number of benzene rings is 1. The molecule has 4 nitrogen and oxygen atoms in total. The van der Waals surface area contributed by atoms with Crippen molar-refractivity contribution >= 4 is 23.5 Å². The lowest BCUT2D eigenvalue weighted by atomic mass is 10.1. The number of allylic oxidation sites excluding steroid dienone is 10. The van der Waals surface area contributed by atoms with Crippen LogP contribution in [-0.2, 0) is 9.53 Å². The topological polar surface area (TPSA) is 63.6 Å². The number of phenolic OH excluding ortho intramolecular Hbond substituents is 1. The van der Waals surface area contributed by atoms with Crippen molar-refractivity contribution in [2.75, 3.05) is 12.4 Å². The zero-order chi connectivity index (χ0) is 28.4. The standard InChI is InChI=1S/C34H48O4S/c1-3-5-6-7-8-9-10-11-12-13-14-15-16-17-18-19-20-23-29-39-33(4-2)32(36)27-24-28-38-34(37)30-25-21-22-26-31(30)35/h5-6,8-9,11-12,14-15,17-18,21-22,25-26,33,35H,3-4,7,10,13,16,19-20,23-24,27-29H2,1-2H3/b6-5-,9-8-,12-11-,15-14-,18-17-/t33-/m0/s1. The molecule has 0 amide bonds. The maximum absolute atomic E-state index is 12.5. The van der Waals surface area contributed by atoms with Crippen LogP contribution in [0.4, 0.5) is 0 Å². The van der Waals surface area contributed by atoms with E-state index in [4.69, 9.17) is 4.74 Å². The van der Waals surface area contributed by atoms with Gasteiger partial charge < -0.3 is 9.84 Å². The predicted molar refractivity (Wildman–Crippen MR) is 167 cm³/mol. The lowest BCUT2D eigenvalue weighted by Gasteiger charge is -2.13. The highest BCUT2D eigenvalue weighted by Crippen LogP contribution is 2.20. The van der Waals surface area contributed by atoms with Crippen LogP contribution in [0.1, 0.15) is 94.8 Å². The minimum absolute atomic E-state index is 0.00701. The minimum atomic E-state index is -0.561. The van der Waals surface area contributed by atoms with E-state index in [9.17, 15) is 14.7 Å². The van der Waals surface area contributed by atoms with Crippen LogP contribution < -0.4 is 0 Å². The average Bonchev–Trinajstić information content (AvgIpc) is 2.94. The molecule has 0 saturated heterocycles. The van der Waals surface area contributed by atoms with Crippen LogP contribution >= 0.6 is 11.8 Å². The van der Waals surface area contributed by atoms with E-state index in [1.807, 2.05) is 6.92 Å². The highest BCUT2D eigenvalue weighted by atomic mass is 32.2. The number of carbonyl (C=O) groups excluding carboxylic acids is 2.